The second kappa shape index (κ2) is 6.39. The summed E-state index contributed by atoms with van der Waals surface area (Å²) in [7, 11) is 0. The largest absolute Gasteiger partial charge is 0.347 e. The smallest absolute Gasteiger partial charge is 0.242 e. The summed E-state index contributed by atoms with van der Waals surface area (Å²) in [5.74, 6) is -0.183. The highest BCUT2D eigenvalue weighted by atomic mass is 79.9. The zero-order valence-corrected chi connectivity index (χ0v) is 13.4. The monoisotopic (exact) mass is 338 g/mol. The average Bonchev–Trinajstić information content (AvgIpc) is 2.88. The van der Waals surface area contributed by atoms with Crippen molar-refractivity contribution in [2.24, 2.45) is 0 Å². The maximum Gasteiger partial charge on any atom is 0.242 e. The van der Waals surface area contributed by atoms with E-state index >= 15 is 0 Å². The van der Waals surface area contributed by atoms with Crippen molar-refractivity contribution in [2.45, 2.75) is 32.7 Å². The number of amides is 2. The molecule has 0 unspecified atom stereocenters. The van der Waals surface area contributed by atoms with Gasteiger partial charge in [0.05, 0.1) is 12.6 Å². The van der Waals surface area contributed by atoms with E-state index < -0.39 is 0 Å². The van der Waals surface area contributed by atoms with Crippen LogP contribution in [0.2, 0.25) is 0 Å². The number of carbonyl (C=O) groups is 2. The van der Waals surface area contributed by atoms with Crippen molar-refractivity contribution in [1.82, 2.24) is 10.2 Å². The molecule has 1 saturated heterocycles. The molecule has 0 aromatic heterocycles. The summed E-state index contributed by atoms with van der Waals surface area (Å²) >= 11 is 3.49. The number of halogens is 1. The number of carbonyl (C=O) groups excluding carboxylic acids is 2. The van der Waals surface area contributed by atoms with Gasteiger partial charge in [0.2, 0.25) is 11.8 Å². The Morgan fingerprint density at radius 2 is 2.20 bits per heavy atom. The standard InChI is InChI=1S/C15H19BrN2O2/c1-10-8-12(5-6-13(10)16)14-4-3-7-18(14)15(20)9-17-11(2)19/h5-6,8,14H,3-4,7,9H2,1-2H3,(H,17,19)/t14-/m1/s1. The zero-order chi connectivity index (χ0) is 14.7. The molecule has 0 saturated carbocycles. The lowest BCUT2D eigenvalue weighted by molar-refractivity contribution is -0.133. The molecule has 1 aromatic carbocycles. The van der Waals surface area contributed by atoms with Gasteiger partial charge in [-0.05, 0) is 37.0 Å². The molecule has 1 heterocycles. The fraction of sp³-hybridized carbons (Fsp3) is 0.467. The van der Waals surface area contributed by atoms with Crippen molar-refractivity contribution in [3.63, 3.8) is 0 Å². The molecule has 0 bridgehead atoms. The van der Waals surface area contributed by atoms with Crippen molar-refractivity contribution in [3.05, 3.63) is 33.8 Å². The van der Waals surface area contributed by atoms with E-state index in [1.807, 2.05) is 17.9 Å². The molecule has 1 atom stereocenters. The van der Waals surface area contributed by atoms with Gasteiger partial charge >= 0.3 is 0 Å². The summed E-state index contributed by atoms with van der Waals surface area (Å²) in [5, 5.41) is 2.58. The molecule has 20 heavy (non-hydrogen) atoms. The van der Waals surface area contributed by atoms with E-state index in [1.54, 1.807) is 0 Å². The van der Waals surface area contributed by atoms with E-state index in [1.165, 1.54) is 18.1 Å². The molecule has 108 valence electrons. The molecule has 1 aliphatic heterocycles. The maximum atomic E-state index is 12.2. The summed E-state index contributed by atoms with van der Waals surface area (Å²) in [6.07, 6.45) is 1.98. The van der Waals surface area contributed by atoms with E-state index in [0.29, 0.717) is 0 Å². The first-order valence-electron chi connectivity index (χ1n) is 6.79. The normalized spacial score (nSPS) is 18.1. The maximum absolute atomic E-state index is 12.2. The van der Waals surface area contributed by atoms with Gasteiger partial charge in [-0.25, -0.2) is 0 Å². The third-order valence-electron chi connectivity index (χ3n) is 3.63. The first-order valence-corrected chi connectivity index (χ1v) is 7.58. The molecule has 2 rings (SSSR count). The fourth-order valence-electron chi connectivity index (χ4n) is 2.59. The topological polar surface area (TPSA) is 49.4 Å². The molecule has 2 amide bonds. The molecule has 0 aliphatic carbocycles. The Hall–Kier alpha value is -1.36. The number of aryl methyl sites for hydroxylation is 1. The van der Waals surface area contributed by atoms with E-state index in [-0.39, 0.29) is 24.4 Å². The summed E-state index contributed by atoms with van der Waals surface area (Å²) < 4.78 is 1.08. The highest BCUT2D eigenvalue weighted by Crippen LogP contribution is 2.33. The molecule has 1 fully saturated rings. The molecule has 1 N–H and O–H groups in total. The van der Waals surface area contributed by atoms with Crippen molar-refractivity contribution in [2.75, 3.05) is 13.1 Å². The predicted octanol–water partition coefficient (Wildman–Crippen LogP) is 2.56. The Morgan fingerprint density at radius 1 is 1.45 bits per heavy atom. The van der Waals surface area contributed by atoms with Gasteiger partial charge in [-0.15, -0.1) is 0 Å². The number of hydrogen-bond acceptors (Lipinski definition) is 2. The van der Waals surface area contributed by atoms with Gasteiger partial charge in [0.1, 0.15) is 0 Å². The fourth-order valence-corrected chi connectivity index (χ4v) is 2.84. The van der Waals surface area contributed by atoms with Crippen LogP contribution in [0.15, 0.2) is 22.7 Å². The van der Waals surface area contributed by atoms with Crippen LogP contribution in [0.1, 0.15) is 36.9 Å². The van der Waals surface area contributed by atoms with Crippen LogP contribution < -0.4 is 5.32 Å². The van der Waals surface area contributed by atoms with Crippen LogP contribution in [-0.4, -0.2) is 29.8 Å². The molecule has 0 radical (unpaired) electrons. The number of likely N-dealkylation sites (tertiary alicyclic amines) is 1. The Morgan fingerprint density at radius 3 is 2.85 bits per heavy atom. The molecule has 1 aromatic rings. The first kappa shape index (κ1) is 15.0. The minimum atomic E-state index is -0.173. The minimum Gasteiger partial charge on any atom is -0.347 e. The number of hydrogen-bond donors (Lipinski definition) is 1. The summed E-state index contributed by atoms with van der Waals surface area (Å²) in [6.45, 7) is 4.32. The molecule has 4 nitrogen and oxygen atoms in total. The van der Waals surface area contributed by atoms with Crippen LogP contribution in [0.3, 0.4) is 0 Å². The van der Waals surface area contributed by atoms with E-state index in [0.717, 1.165) is 23.9 Å². The quantitative estimate of drug-likeness (QED) is 0.920. The van der Waals surface area contributed by atoms with Crippen LogP contribution >= 0.6 is 15.9 Å². The lowest BCUT2D eigenvalue weighted by atomic mass is 10.0. The third kappa shape index (κ3) is 3.39. The Bertz CT molecular complexity index is 531. The summed E-state index contributed by atoms with van der Waals surface area (Å²) in [5.41, 5.74) is 2.34. The molecule has 0 spiro atoms. The lowest BCUT2D eigenvalue weighted by Gasteiger charge is -2.25. The van der Waals surface area contributed by atoms with Crippen LogP contribution in [0.25, 0.3) is 0 Å². The number of rotatable bonds is 3. The average molecular weight is 339 g/mol. The first-order chi connectivity index (χ1) is 9.49. The number of nitrogens with zero attached hydrogens (tertiary/aromatic N) is 1. The Labute approximate surface area is 127 Å². The highest BCUT2D eigenvalue weighted by molar-refractivity contribution is 9.10. The second-order valence-electron chi connectivity index (χ2n) is 5.16. The van der Waals surface area contributed by atoms with Gasteiger partial charge in [-0.2, -0.15) is 0 Å². The Kier molecular flexibility index (Phi) is 4.81. The second-order valence-corrected chi connectivity index (χ2v) is 6.02. The highest BCUT2D eigenvalue weighted by Gasteiger charge is 2.29. The number of nitrogens with one attached hydrogen (secondary N) is 1. The van der Waals surface area contributed by atoms with E-state index in [4.69, 9.17) is 0 Å². The van der Waals surface area contributed by atoms with Gasteiger partial charge in [0, 0.05) is 17.9 Å². The SMILES string of the molecule is CC(=O)NCC(=O)N1CCC[C@@H]1c1ccc(Br)c(C)c1. The van der Waals surface area contributed by atoms with E-state index in [2.05, 4.69) is 33.4 Å². The van der Waals surface area contributed by atoms with Crippen molar-refractivity contribution >= 4 is 27.7 Å². The van der Waals surface area contributed by atoms with Crippen LogP contribution in [0, 0.1) is 6.92 Å². The summed E-state index contributed by atoms with van der Waals surface area (Å²) in [6, 6.07) is 6.34. The van der Waals surface area contributed by atoms with E-state index in [9.17, 15) is 9.59 Å². The van der Waals surface area contributed by atoms with Crippen LogP contribution in [-0.2, 0) is 9.59 Å². The van der Waals surface area contributed by atoms with Gasteiger partial charge in [0.15, 0.2) is 0 Å². The van der Waals surface area contributed by atoms with Crippen molar-refractivity contribution in [3.8, 4) is 0 Å². The van der Waals surface area contributed by atoms with Gasteiger partial charge < -0.3 is 10.2 Å². The van der Waals surface area contributed by atoms with Gasteiger partial charge in [-0.1, -0.05) is 28.1 Å². The molecular weight excluding hydrogens is 320 g/mol. The van der Waals surface area contributed by atoms with Crippen LogP contribution in [0.4, 0.5) is 0 Å². The summed E-state index contributed by atoms with van der Waals surface area (Å²) in [4.78, 5) is 25.0. The Balaban J connectivity index is 2.12. The lowest BCUT2D eigenvalue weighted by Crippen LogP contribution is -2.39. The van der Waals surface area contributed by atoms with Gasteiger partial charge in [0.25, 0.3) is 0 Å². The third-order valence-corrected chi connectivity index (χ3v) is 4.52. The van der Waals surface area contributed by atoms with Gasteiger partial charge in [-0.3, -0.25) is 9.59 Å². The zero-order valence-electron chi connectivity index (χ0n) is 11.8. The van der Waals surface area contributed by atoms with Crippen LogP contribution in [0.5, 0.6) is 0 Å². The van der Waals surface area contributed by atoms with Crippen molar-refractivity contribution < 1.29 is 9.59 Å². The predicted molar refractivity (Wildman–Crippen MR) is 81.3 cm³/mol. The molecule has 1 aliphatic rings. The molecule has 5 heteroatoms. The number of benzene rings is 1. The molecular formula is C15H19BrN2O2. The van der Waals surface area contributed by atoms with Crippen molar-refractivity contribution in [1.29, 1.82) is 0 Å². The minimum absolute atomic E-state index is 0.0109.